The highest BCUT2D eigenvalue weighted by molar-refractivity contribution is 6.31. The first-order valence-electron chi connectivity index (χ1n) is 8.81. The number of hydrogen-bond donors (Lipinski definition) is 1. The summed E-state index contributed by atoms with van der Waals surface area (Å²) in [5.74, 6) is 0.574. The van der Waals surface area contributed by atoms with Crippen molar-refractivity contribution in [3.8, 4) is 0 Å². The van der Waals surface area contributed by atoms with Crippen LogP contribution in [0.15, 0.2) is 24.5 Å². The van der Waals surface area contributed by atoms with E-state index in [1.807, 2.05) is 13.0 Å². The van der Waals surface area contributed by atoms with Crippen molar-refractivity contribution in [2.24, 2.45) is 0 Å². The average molecular weight is 376 g/mol. The number of benzene rings is 1. The Kier molecular flexibility index (Phi) is 5.56. The van der Waals surface area contributed by atoms with Crippen molar-refractivity contribution in [1.29, 1.82) is 0 Å². The molecule has 1 fully saturated rings. The fourth-order valence-electron chi connectivity index (χ4n) is 3.41. The summed E-state index contributed by atoms with van der Waals surface area (Å²) in [6.07, 6.45) is 5.48. The van der Waals surface area contributed by atoms with Gasteiger partial charge in [-0.1, -0.05) is 24.6 Å². The molecule has 7 nitrogen and oxygen atoms in total. The van der Waals surface area contributed by atoms with Gasteiger partial charge in [0.05, 0.1) is 4.92 Å². The molecule has 0 saturated carbocycles. The van der Waals surface area contributed by atoms with E-state index >= 15 is 0 Å². The van der Waals surface area contributed by atoms with Crippen molar-refractivity contribution in [3.05, 3.63) is 45.2 Å². The van der Waals surface area contributed by atoms with Gasteiger partial charge in [-0.2, -0.15) is 0 Å². The first-order chi connectivity index (χ1) is 12.5. The molecule has 1 unspecified atom stereocenters. The van der Waals surface area contributed by atoms with Crippen LogP contribution in [0.2, 0.25) is 5.02 Å². The van der Waals surface area contributed by atoms with Crippen LogP contribution in [0.3, 0.4) is 0 Å². The molecule has 1 aromatic carbocycles. The first-order valence-corrected chi connectivity index (χ1v) is 9.18. The quantitative estimate of drug-likeness (QED) is 0.593. The number of halogens is 1. The van der Waals surface area contributed by atoms with E-state index in [4.69, 9.17) is 11.6 Å². The molecule has 8 heteroatoms. The Morgan fingerprint density at radius 3 is 2.92 bits per heavy atom. The van der Waals surface area contributed by atoms with E-state index in [0.29, 0.717) is 16.5 Å². The SMILES string of the molecule is CCC1CCCCN1c1ncnc(Nc2cccc(Cl)c2C)c1[N+](=O)[O-]. The maximum Gasteiger partial charge on any atom is 0.353 e. The van der Waals surface area contributed by atoms with Gasteiger partial charge in [-0.3, -0.25) is 10.1 Å². The monoisotopic (exact) mass is 375 g/mol. The summed E-state index contributed by atoms with van der Waals surface area (Å²) in [6, 6.07) is 5.66. The number of rotatable bonds is 5. The summed E-state index contributed by atoms with van der Waals surface area (Å²) in [5.41, 5.74) is 1.41. The number of anilines is 3. The smallest absolute Gasteiger partial charge is 0.348 e. The van der Waals surface area contributed by atoms with E-state index in [-0.39, 0.29) is 17.5 Å². The molecule has 0 amide bonds. The van der Waals surface area contributed by atoms with Crippen LogP contribution in [0.1, 0.15) is 38.2 Å². The molecule has 1 N–H and O–H groups in total. The van der Waals surface area contributed by atoms with Gasteiger partial charge in [-0.25, -0.2) is 9.97 Å². The maximum atomic E-state index is 11.9. The minimum Gasteiger partial charge on any atom is -0.348 e. The molecule has 1 aliphatic heterocycles. The van der Waals surface area contributed by atoms with Gasteiger partial charge in [0.15, 0.2) is 0 Å². The average Bonchev–Trinajstić information content (AvgIpc) is 2.65. The highest BCUT2D eigenvalue weighted by Crippen LogP contribution is 2.37. The van der Waals surface area contributed by atoms with E-state index in [2.05, 4.69) is 27.1 Å². The highest BCUT2D eigenvalue weighted by atomic mass is 35.5. The maximum absolute atomic E-state index is 11.9. The fraction of sp³-hybridized carbons (Fsp3) is 0.444. The van der Waals surface area contributed by atoms with Gasteiger partial charge in [0.1, 0.15) is 6.33 Å². The number of piperidine rings is 1. The second-order valence-corrected chi connectivity index (χ2v) is 6.85. The number of nitrogens with one attached hydrogen (secondary N) is 1. The molecule has 26 heavy (non-hydrogen) atoms. The summed E-state index contributed by atoms with van der Waals surface area (Å²) in [7, 11) is 0. The van der Waals surface area contributed by atoms with Gasteiger partial charge in [0.25, 0.3) is 0 Å². The third kappa shape index (κ3) is 3.58. The molecule has 2 aromatic rings. The second-order valence-electron chi connectivity index (χ2n) is 6.44. The van der Waals surface area contributed by atoms with Crippen molar-refractivity contribution in [2.45, 2.75) is 45.6 Å². The minimum atomic E-state index is -0.404. The van der Waals surface area contributed by atoms with Gasteiger partial charge < -0.3 is 10.2 Å². The first kappa shape index (κ1) is 18.4. The number of hydrogen-bond acceptors (Lipinski definition) is 6. The molecule has 3 rings (SSSR count). The molecule has 1 saturated heterocycles. The van der Waals surface area contributed by atoms with Crippen LogP contribution >= 0.6 is 11.6 Å². The zero-order valence-corrected chi connectivity index (χ0v) is 15.7. The summed E-state index contributed by atoms with van der Waals surface area (Å²) in [5, 5.41) is 15.5. The van der Waals surface area contributed by atoms with Crippen molar-refractivity contribution >= 4 is 34.6 Å². The molecular weight excluding hydrogens is 354 g/mol. The van der Waals surface area contributed by atoms with Crippen LogP contribution in [-0.2, 0) is 0 Å². The molecule has 0 radical (unpaired) electrons. The molecule has 0 aliphatic carbocycles. The van der Waals surface area contributed by atoms with E-state index in [9.17, 15) is 10.1 Å². The normalized spacial score (nSPS) is 17.2. The largest absolute Gasteiger partial charge is 0.353 e. The summed E-state index contributed by atoms with van der Waals surface area (Å²) in [6.45, 7) is 4.73. The predicted octanol–water partition coefficient (Wildman–Crippen LogP) is 4.86. The van der Waals surface area contributed by atoms with Gasteiger partial charge >= 0.3 is 5.69 Å². The van der Waals surface area contributed by atoms with Gasteiger partial charge in [-0.15, -0.1) is 0 Å². The second kappa shape index (κ2) is 7.86. The van der Waals surface area contributed by atoms with E-state index in [0.717, 1.165) is 37.8 Å². The lowest BCUT2D eigenvalue weighted by Crippen LogP contribution is -2.40. The molecule has 2 heterocycles. The summed E-state index contributed by atoms with van der Waals surface area (Å²) >= 11 is 6.16. The van der Waals surface area contributed by atoms with Crippen molar-refractivity contribution in [2.75, 3.05) is 16.8 Å². The zero-order valence-electron chi connectivity index (χ0n) is 14.9. The topological polar surface area (TPSA) is 84.2 Å². The fourth-order valence-corrected chi connectivity index (χ4v) is 3.59. The predicted molar refractivity (Wildman–Crippen MR) is 103 cm³/mol. The summed E-state index contributed by atoms with van der Waals surface area (Å²) in [4.78, 5) is 21.9. The number of aromatic nitrogens is 2. The Morgan fingerprint density at radius 1 is 1.38 bits per heavy atom. The Morgan fingerprint density at radius 2 is 2.19 bits per heavy atom. The van der Waals surface area contributed by atoms with Gasteiger partial charge in [0.2, 0.25) is 11.6 Å². The standard InChI is InChI=1S/C18H22ClN5O2/c1-3-13-7-4-5-10-23(13)18-16(24(25)26)17(20-11-21-18)22-15-9-6-8-14(19)12(15)2/h6,8-9,11,13H,3-5,7,10H2,1-2H3,(H,20,21,22). The van der Waals surface area contributed by atoms with Crippen molar-refractivity contribution in [3.63, 3.8) is 0 Å². The molecule has 1 aromatic heterocycles. The highest BCUT2D eigenvalue weighted by Gasteiger charge is 2.32. The lowest BCUT2D eigenvalue weighted by atomic mass is 10.00. The van der Waals surface area contributed by atoms with Crippen LogP contribution < -0.4 is 10.2 Å². The van der Waals surface area contributed by atoms with E-state index in [1.54, 1.807) is 12.1 Å². The van der Waals surface area contributed by atoms with Crippen LogP contribution in [0.4, 0.5) is 23.0 Å². The molecule has 0 spiro atoms. The summed E-state index contributed by atoms with van der Waals surface area (Å²) < 4.78 is 0. The van der Waals surface area contributed by atoms with Crippen LogP contribution in [0.25, 0.3) is 0 Å². The van der Waals surface area contributed by atoms with Crippen LogP contribution in [0.5, 0.6) is 0 Å². The van der Waals surface area contributed by atoms with Crippen LogP contribution in [0, 0.1) is 17.0 Å². The van der Waals surface area contributed by atoms with Crippen LogP contribution in [-0.4, -0.2) is 27.5 Å². The molecule has 0 bridgehead atoms. The lowest BCUT2D eigenvalue weighted by molar-refractivity contribution is -0.383. The number of nitrogens with zero attached hydrogens (tertiary/aromatic N) is 4. The van der Waals surface area contributed by atoms with E-state index in [1.165, 1.54) is 6.33 Å². The molecule has 138 valence electrons. The number of nitro groups is 1. The molecule has 1 aliphatic rings. The Hall–Kier alpha value is -2.41. The Bertz CT molecular complexity index is 814. The third-order valence-corrected chi connectivity index (χ3v) is 5.29. The van der Waals surface area contributed by atoms with Crippen molar-refractivity contribution < 1.29 is 4.92 Å². The molecule has 1 atom stereocenters. The van der Waals surface area contributed by atoms with Gasteiger partial charge in [-0.05, 0) is 50.3 Å². The zero-order chi connectivity index (χ0) is 18.7. The third-order valence-electron chi connectivity index (χ3n) is 4.88. The molecular formula is C18H22ClN5O2. The van der Waals surface area contributed by atoms with Gasteiger partial charge in [0, 0.05) is 23.3 Å². The Balaban J connectivity index is 2.04. The van der Waals surface area contributed by atoms with Crippen molar-refractivity contribution in [1.82, 2.24) is 9.97 Å². The lowest BCUT2D eigenvalue weighted by Gasteiger charge is -2.35. The Labute approximate surface area is 157 Å². The minimum absolute atomic E-state index is 0.0905. The van der Waals surface area contributed by atoms with E-state index < -0.39 is 4.92 Å².